The Morgan fingerprint density at radius 1 is 1.17 bits per heavy atom. The van der Waals surface area contributed by atoms with Gasteiger partial charge in [-0.1, -0.05) is 47.5 Å². The van der Waals surface area contributed by atoms with E-state index in [0.29, 0.717) is 22.3 Å². The number of aromatic nitrogens is 4. The van der Waals surface area contributed by atoms with Gasteiger partial charge in [-0.3, -0.25) is 4.90 Å². The molecule has 0 fully saturated rings. The molecule has 1 amide bonds. The van der Waals surface area contributed by atoms with Crippen molar-refractivity contribution in [2.24, 2.45) is 0 Å². The van der Waals surface area contributed by atoms with E-state index in [1.165, 1.54) is 4.90 Å². The van der Waals surface area contributed by atoms with E-state index in [0.717, 1.165) is 15.9 Å². The molecule has 0 aliphatic rings. The number of halogens is 2. The van der Waals surface area contributed by atoms with E-state index in [1.54, 1.807) is 25.2 Å². The van der Waals surface area contributed by atoms with Crippen LogP contribution in [0.25, 0.3) is 0 Å². The van der Waals surface area contributed by atoms with Crippen LogP contribution in [0, 0.1) is 0 Å². The molecule has 0 bridgehead atoms. The third-order valence-electron chi connectivity index (χ3n) is 3.51. The minimum atomic E-state index is -0.355. The first-order valence-electron chi connectivity index (χ1n) is 7.10. The van der Waals surface area contributed by atoms with Crippen molar-refractivity contribution in [3.05, 3.63) is 70.0 Å². The summed E-state index contributed by atoms with van der Waals surface area (Å²) in [5, 5.41) is 12.4. The molecule has 0 aliphatic carbocycles. The number of nitrogens with zero attached hydrogens (tertiary/aromatic N) is 5. The molecule has 1 aromatic heterocycles. The largest absolute Gasteiger partial charge is 0.352 e. The average Bonchev–Trinajstić information content (AvgIpc) is 3.05. The molecule has 0 aliphatic heterocycles. The van der Waals surface area contributed by atoms with Gasteiger partial charge in [-0.05, 0) is 40.3 Å². The molecule has 6 nitrogen and oxygen atoms in total. The predicted molar refractivity (Wildman–Crippen MR) is 92.7 cm³/mol. The zero-order chi connectivity index (χ0) is 17.1. The number of tetrazole rings is 1. The Bertz CT molecular complexity index is 866. The van der Waals surface area contributed by atoms with E-state index in [2.05, 4.69) is 15.5 Å². The van der Waals surface area contributed by atoms with Gasteiger partial charge in [0.15, 0.2) is 5.82 Å². The highest BCUT2D eigenvalue weighted by Crippen LogP contribution is 2.23. The summed E-state index contributed by atoms with van der Waals surface area (Å²) in [4.78, 5) is 14.1. The highest BCUT2D eigenvalue weighted by Gasteiger charge is 2.19. The van der Waals surface area contributed by atoms with Crippen molar-refractivity contribution in [1.82, 2.24) is 20.2 Å². The van der Waals surface area contributed by atoms with Crippen LogP contribution in [0.1, 0.15) is 11.4 Å². The van der Waals surface area contributed by atoms with E-state index in [9.17, 15) is 4.79 Å². The van der Waals surface area contributed by atoms with Crippen molar-refractivity contribution in [1.29, 1.82) is 0 Å². The maximum Gasteiger partial charge on any atom is 0.352 e. The fourth-order valence-corrected chi connectivity index (χ4v) is 2.68. The lowest BCUT2D eigenvalue weighted by atomic mass is 10.1. The molecule has 0 spiro atoms. The predicted octanol–water partition coefficient (Wildman–Crippen LogP) is 3.68. The van der Waals surface area contributed by atoms with Crippen LogP contribution in [-0.2, 0) is 6.42 Å². The van der Waals surface area contributed by atoms with Gasteiger partial charge < -0.3 is 0 Å². The first-order chi connectivity index (χ1) is 11.6. The smallest absolute Gasteiger partial charge is 0.296 e. The second kappa shape index (κ2) is 6.98. The Morgan fingerprint density at radius 2 is 1.92 bits per heavy atom. The van der Waals surface area contributed by atoms with Gasteiger partial charge in [-0.15, -0.1) is 9.78 Å². The van der Waals surface area contributed by atoms with Gasteiger partial charge in [0.25, 0.3) is 0 Å². The fourth-order valence-electron chi connectivity index (χ4n) is 2.20. The number of benzene rings is 2. The van der Waals surface area contributed by atoms with Crippen molar-refractivity contribution in [3.63, 3.8) is 0 Å². The second-order valence-electron chi connectivity index (χ2n) is 5.10. The first kappa shape index (κ1) is 16.4. The average molecular weight is 362 g/mol. The molecule has 122 valence electrons. The van der Waals surface area contributed by atoms with Crippen molar-refractivity contribution >= 4 is 34.9 Å². The Morgan fingerprint density at radius 3 is 2.62 bits per heavy atom. The molecular formula is C16H13Cl2N5O. The van der Waals surface area contributed by atoms with E-state index in [-0.39, 0.29) is 6.03 Å². The Labute approximate surface area is 148 Å². The molecule has 0 N–H and O–H groups in total. The summed E-state index contributed by atoms with van der Waals surface area (Å²) in [5.41, 5.74) is 1.53. The molecule has 24 heavy (non-hydrogen) atoms. The van der Waals surface area contributed by atoms with E-state index < -0.39 is 0 Å². The fraction of sp³-hybridized carbons (Fsp3) is 0.125. The summed E-state index contributed by atoms with van der Waals surface area (Å²) in [6, 6.07) is 14.1. The SMILES string of the molecule is CN(C(=O)n1nnnc1Cc1ccc(Cl)cc1Cl)c1ccccc1. The van der Waals surface area contributed by atoms with Gasteiger partial charge in [0.1, 0.15) is 0 Å². The number of hydrogen-bond donors (Lipinski definition) is 0. The van der Waals surface area contributed by atoms with Crippen LogP contribution in [0.3, 0.4) is 0 Å². The molecule has 2 aromatic carbocycles. The lowest BCUT2D eigenvalue weighted by Crippen LogP contribution is -2.33. The number of carbonyl (C=O) groups is 1. The van der Waals surface area contributed by atoms with Gasteiger partial charge in [0, 0.05) is 29.2 Å². The molecule has 8 heteroatoms. The summed E-state index contributed by atoms with van der Waals surface area (Å²) in [6.45, 7) is 0. The van der Waals surface area contributed by atoms with Crippen molar-refractivity contribution in [2.75, 3.05) is 11.9 Å². The Balaban J connectivity index is 1.86. The van der Waals surface area contributed by atoms with E-state index in [1.807, 2.05) is 30.3 Å². The van der Waals surface area contributed by atoms with Gasteiger partial charge in [0.05, 0.1) is 0 Å². The monoisotopic (exact) mass is 361 g/mol. The first-order valence-corrected chi connectivity index (χ1v) is 7.86. The van der Waals surface area contributed by atoms with Crippen LogP contribution < -0.4 is 4.90 Å². The van der Waals surface area contributed by atoms with Gasteiger partial charge in [-0.2, -0.15) is 0 Å². The molecule has 0 atom stereocenters. The van der Waals surface area contributed by atoms with Crippen LogP contribution >= 0.6 is 23.2 Å². The number of para-hydroxylation sites is 1. The topological polar surface area (TPSA) is 63.9 Å². The lowest BCUT2D eigenvalue weighted by molar-refractivity contribution is 0.245. The molecule has 3 rings (SSSR count). The highest BCUT2D eigenvalue weighted by molar-refractivity contribution is 6.35. The summed E-state index contributed by atoms with van der Waals surface area (Å²) >= 11 is 12.1. The van der Waals surface area contributed by atoms with E-state index >= 15 is 0 Å². The number of rotatable bonds is 3. The molecule has 0 saturated heterocycles. The molecule has 3 aromatic rings. The third kappa shape index (κ3) is 3.39. The van der Waals surface area contributed by atoms with Crippen molar-refractivity contribution in [2.45, 2.75) is 6.42 Å². The summed E-state index contributed by atoms with van der Waals surface area (Å²) < 4.78 is 1.16. The molecule has 0 saturated carbocycles. The molecule has 1 heterocycles. The van der Waals surface area contributed by atoms with E-state index in [4.69, 9.17) is 23.2 Å². The van der Waals surface area contributed by atoms with Crippen LogP contribution in [-0.4, -0.2) is 33.3 Å². The standard InChI is InChI=1S/C16H13Cl2N5O/c1-22(13-5-3-2-4-6-13)16(24)23-15(19-20-21-23)9-11-7-8-12(17)10-14(11)18/h2-8,10H,9H2,1H3. The number of anilines is 1. The minimum absolute atomic E-state index is 0.317. The Hall–Kier alpha value is -2.44. The maximum absolute atomic E-state index is 12.6. The zero-order valence-corrected chi connectivity index (χ0v) is 14.2. The van der Waals surface area contributed by atoms with Crippen molar-refractivity contribution < 1.29 is 4.79 Å². The minimum Gasteiger partial charge on any atom is -0.296 e. The van der Waals surface area contributed by atoms with Crippen LogP contribution in [0.15, 0.2) is 48.5 Å². The molecular weight excluding hydrogens is 349 g/mol. The highest BCUT2D eigenvalue weighted by atomic mass is 35.5. The van der Waals surface area contributed by atoms with Crippen LogP contribution in [0.5, 0.6) is 0 Å². The van der Waals surface area contributed by atoms with Crippen LogP contribution in [0.4, 0.5) is 10.5 Å². The quantitative estimate of drug-likeness (QED) is 0.667. The lowest BCUT2D eigenvalue weighted by Gasteiger charge is -2.17. The summed E-state index contributed by atoms with van der Waals surface area (Å²) in [6.07, 6.45) is 0.317. The zero-order valence-electron chi connectivity index (χ0n) is 12.7. The molecule has 0 unspecified atom stereocenters. The normalized spacial score (nSPS) is 10.6. The van der Waals surface area contributed by atoms with Gasteiger partial charge in [0.2, 0.25) is 0 Å². The summed E-state index contributed by atoms with van der Waals surface area (Å²) in [7, 11) is 1.67. The number of carbonyl (C=O) groups excluding carboxylic acids is 1. The summed E-state index contributed by atoms with van der Waals surface area (Å²) in [5.74, 6) is 0.395. The van der Waals surface area contributed by atoms with Crippen molar-refractivity contribution in [3.8, 4) is 0 Å². The maximum atomic E-state index is 12.6. The molecule has 0 radical (unpaired) electrons. The number of amides is 1. The van der Waals surface area contributed by atoms with Gasteiger partial charge >= 0.3 is 6.03 Å². The number of hydrogen-bond acceptors (Lipinski definition) is 4. The third-order valence-corrected chi connectivity index (χ3v) is 4.10. The Kier molecular flexibility index (Phi) is 4.78. The second-order valence-corrected chi connectivity index (χ2v) is 5.94. The van der Waals surface area contributed by atoms with Gasteiger partial charge in [-0.25, -0.2) is 4.79 Å². The van der Waals surface area contributed by atoms with Crippen LogP contribution in [0.2, 0.25) is 10.0 Å².